The van der Waals surface area contributed by atoms with Crippen LogP contribution in [0.3, 0.4) is 0 Å². The maximum atomic E-state index is 6.28. The van der Waals surface area contributed by atoms with Gasteiger partial charge in [0.15, 0.2) is 0 Å². The maximum absolute atomic E-state index is 6.28. The van der Waals surface area contributed by atoms with Crippen LogP contribution in [0.1, 0.15) is 36.3 Å². The number of piperidine rings is 1. The number of pyridine rings is 1. The molecule has 1 atom stereocenters. The highest BCUT2D eigenvalue weighted by Gasteiger charge is 2.43. The Kier molecular flexibility index (Phi) is 3.91. The molecule has 0 amide bonds. The van der Waals surface area contributed by atoms with Crippen LogP contribution < -0.4 is 0 Å². The van der Waals surface area contributed by atoms with Crippen LogP contribution in [0.2, 0.25) is 0 Å². The first-order valence-electron chi connectivity index (χ1n) is 8.46. The molecule has 0 unspecified atom stereocenters. The average molecular weight is 312 g/mol. The number of nitrogens with zero attached hydrogens (tertiary/aromatic N) is 4. The lowest BCUT2D eigenvalue weighted by molar-refractivity contribution is -0.0448. The van der Waals surface area contributed by atoms with Gasteiger partial charge < -0.3 is 4.74 Å². The zero-order valence-corrected chi connectivity index (χ0v) is 13.7. The second-order valence-electron chi connectivity index (χ2n) is 6.98. The fourth-order valence-corrected chi connectivity index (χ4v) is 3.93. The van der Waals surface area contributed by atoms with E-state index in [1.54, 1.807) is 0 Å². The molecule has 0 saturated carbocycles. The molecule has 2 aliphatic rings. The number of aromatic nitrogens is 3. The van der Waals surface area contributed by atoms with Crippen molar-refractivity contribution in [3.8, 4) is 0 Å². The van der Waals surface area contributed by atoms with E-state index in [9.17, 15) is 0 Å². The Morgan fingerprint density at radius 2 is 2.17 bits per heavy atom. The summed E-state index contributed by atoms with van der Waals surface area (Å²) in [6.45, 7) is 4.05. The fourth-order valence-electron chi connectivity index (χ4n) is 3.93. The van der Waals surface area contributed by atoms with Crippen molar-refractivity contribution in [1.82, 2.24) is 19.7 Å². The standard InChI is InChI=1S/C18H24N4O/c1-21-13-17(11-20-21)16-9-18(23-14-16)4-7-22(8-5-18)12-15-3-2-6-19-10-15/h2-3,6,10-11,13,16H,4-5,7-9,12,14H2,1H3/t16-/m1/s1. The predicted molar refractivity (Wildman–Crippen MR) is 88.0 cm³/mol. The molecule has 2 saturated heterocycles. The molecule has 0 bridgehead atoms. The third kappa shape index (κ3) is 3.16. The zero-order chi connectivity index (χ0) is 15.7. The lowest BCUT2D eigenvalue weighted by Gasteiger charge is -2.38. The van der Waals surface area contributed by atoms with Gasteiger partial charge in [-0.2, -0.15) is 5.10 Å². The average Bonchev–Trinajstić information content (AvgIpc) is 3.18. The second-order valence-corrected chi connectivity index (χ2v) is 6.98. The first kappa shape index (κ1) is 14.8. The van der Waals surface area contributed by atoms with Crippen LogP contribution in [-0.4, -0.2) is 45.0 Å². The number of likely N-dealkylation sites (tertiary alicyclic amines) is 1. The molecular formula is C18H24N4O. The van der Waals surface area contributed by atoms with E-state index in [0.717, 1.165) is 45.5 Å². The molecule has 5 heteroatoms. The summed E-state index contributed by atoms with van der Waals surface area (Å²) in [7, 11) is 1.98. The van der Waals surface area contributed by atoms with Gasteiger partial charge in [0.25, 0.3) is 0 Å². The summed E-state index contributed by atoms with van der Waals surface area (Å²) in [5, 5.41) is 4.30. The predicted octanol–water partition coefficient (Wildman–Crippen LogP) is 2.35. The van der Waals surface area contributed by atoms with Gasteiger partial charge in [-0.3, -0.25) is 14.6 Å². The van der Waals surface area contributed by atoms with Crippen molar-refractivity contribution >= 4 is 0 Å². The van der Waals surface area contributed by atoms with Crippen molar-refractivity contribution in [3.05, 3.63) is 48.0 Å². The van der Waals surface area contributed by atoms with Gasteiger partial charge in [-0.25, -0.2) is 0 Å². The Balaban J connectivity index is 1.34. The normalized spacial score (nSPS) is 24.3. The van der Waals surface area contributed by atoms with Crippen LogP contribution >= 0.6 is 0 Å². The molecule has 2 aromatic rings. The van der Waals surface area contributed by atoms with Crippen LogP contribution in [0.15, 0.2) is 36.9 Å². The molecule has 2 aliphatic heterocycles. The summed E-state index contributed by atoms with van der Waals surface area (Å²) in [5.41, 5.74) is 2.71. The van der Waals surface area contributed by atoms with Gasteiger partial charge in [-0.05, 0) is 36.5 Å². The summed E-state index contributed by atoms with van der Waals surface area (Å²) >= 11 is 0. The number of ether oxygens (including phenoxy) is 1. The number of aryl methyl sites for hydroxylation is 1. The Labute approximate surface area is 137 Å². The van der Waals surface area contributed by atoms with Crippen molar-refractivity contribution in [2.75, 3.05) is 19.7 Å². The molecule has 23 heavy (non-hydrogen) atoms. The van der Waals surface area contributed by atoms with E-state index >= 15 is 0 Å². The lowest BCUT2D eigenvalue weighted by atomic mass is 9.84. The van der Waals surface area contributed by atoms with E-state index in [4.69, 9.17) is 4.74 Å². The fraction of sp³-hybridized carbons (Fsp3) is 0.556. The van der Waals surface area contributed by atoms with E-state index in [0.29, 0.717) is 5.92 Å². The summed E-state index contributed by atoms with van der Waals surface area (Å²) in [6, 6.07) is 4.17. The van der Waals surface area contributed by atoms with Crippen LogP contribution in [0.5, 0.6) is 0 Å². The van der Waals surface area contributed by atoms with Crippen molar-refractivity contribution < 1.29 is 4.74 Å². The summed E-state index contributed by atoms with van der Waals surface area (Å²) in [6.07, 6.45) is 11.3. The van der Waals surface area contributed by atoms with Crippen LogP contribution in [0.4, 0.5) is 0 Å². The molecule has 0 aromatic carbocycles. The van der Waals surface area contributed by atoms with Gasteiger partial charge in [0.2, 0.25) is 0 Å². The third-order valence-electron chi connectivity index (χ3n) is 5.30. The minimum absolute atomic E-state index is 0.0892. The molecule has 0 radical (unpaired) electrons. The summed E-state index contributed by atoms with van der Waals surface area (Å²) in [5.74, 6) is 0.508. The Hall–Kier alpha value is -1.72. The van der Waals surface area contributed by atoms with Crippen molar-refractivity contribution in [2.45, 2.75) is 37.3 Å². The van der Waals surface area contributed by atoms with Crippen molar-refractivity contribution in [2.24, 2.45) is 7.05 Å². The first-order chi connectivity index (χ1) is 11.2. The Morgan fingerprint density at radius 3 is 2.87 bits per heavy atom. The number of rotatable bonds is 3. The van der Waals surface area contributed by atoms with Gasteiger partial charge in [-0.1, -0.05) is 6.07 Å². The highest BCUT2D eigenvalue weighted by molar-refractivity contribution is 5.16. The second kappa shape index (κ2) is 6.06. The molecule has 122 valence electrons. The zero-order valence-electron chi connectivity index (χ0n) is 13.7. The number of hydrogen-bond donors (Lipinski definition) is 0. The molecular weight excluding hydrogens is 288 g/mol. The highest BCUT2D eigenvalue weighted by atomic mass is 16.5. The van der Waals surface area contributed by atoms with Gasteiger partial charge in [0.05, 0.1) is 18.4 Å². The first-order valence-corrected chi connectivity index (χ1v) is 8.46. The van der Waals surface area contributed by atoms with E-state index in [2.05, 4.69) is 27.2 Å². The molecule has 0 N–H and O–H groups in total. The molecule has 4 heterocycles. The van der Waals surface area contributed by atoms with Crippen LogP contribution in [0, 0.1) is 0 Å². The van der Waals surface area contributed by atoms with Gasteiger partial charge in [0.1, 0.15) is 0 Å². The van der Waals surface area contributed by atoms with E-state index in [-0.39, 0.29) is 5.60 Å². The maximum Gasteiger partial charge on any atom is 0.0713 e. The molecule has 2 aromatic heterocycles. The Morgan fingerprint density at radius 1 is 1.30 bits per heavy atom. The molecule has 2 fully saturated rings. The molecule has 5 nitrogen and oxygen atoms in total. The smallest absolute Gasteiger partial charge is 0.0713 e. The SMILES string of the molecule is Cn1cc([C@H]2COC3(CCN(Cc4cccnc4)CC3)C2)cn1. The minimum Gasteiger partial charge on any atom is -0.374 e. The van der Waals surface area contributed by atoms with Gasteiger partial charge in [-0.15, -0.1) is 0 Å². The largest absolute Gasteiger partial charge is 0.374 e. The van der Waals surface area contributed by atoms with Crippen molar-refractivity contribution in [3.63, 3.8) is 0 Å². The van der Waals surface area contributed by atoms with Crippen LogP contribution in [0.25, 0.3) is 0 Å². The lowest BCUT2D eigenvalue weighted by Crippen LogP contribution is -2.43. The molecule has 1 spiro atoms. The van der Waals surface area contributed by atoms with Crippen molar-refractivity contribution in [1.29, 1.82) is 0 Å². The monoisotopic (exact) mass is 312 g/mol. The topological polar surface area (TPSA) is 43.2 Å². The van der Waals surface area contributed by atoms with Gasteiger partial charge >= 0.3 is 0 Å². The molecule has 4 rings (SSSR count). The molecule has 0 aliphatic carbocycles. The quantitative estimate of drug-likeness (QED) is 0.872. The Bertz CT molecular complexity index is 646. The third-order valence-corrected chi connectivity index (χ3v) is 5.30. The summed E-state index contributed by atoms with van der Waals surface area (Å²) < 4.78 is 8.17. The highest BCUT2D eigenvalue weighted by Crippen LogP contribution is 2.42. The van der Waals surface area contributed by atoms with Crippen LogP contribution in [-0.2, 0) is 18.3 Å². The minimum atomic E-state index is 0.0892. The van der Waals surface area contributed by atoms with E-state index in [1.165, 1.54) is 11.1 Å². The summed E-state index contributed by atoms with van der Waals surface area (Å²) in [4.78, 5) is 6.72. The number of hydrogen-bond acceptors (Lipinski definition) is 4. The van der Waals surface area contributed by atoms with E-state index in [1.807, 2.05) is 36.4 Å². The van der Waals surface area contributed by atoms with E-state index < -0.39 is 0 Å². The van der Waals surface area contributed by atoms with Gasteiger partial charge in [0, 0.05) is 51.2 Å².